The molecular weight excluding hydrogens is 468 g/mol. The number of aromatic nitrogens is 2. The van der Waals surface area contributed by atoms with Crippen molar-refractivity contribution in [2.45, 2.75) is 6.92 Å². The van der Waals surface area contributed by atoms with E-state index in [2.05, 4.69) is 15.6 Å². The van der Waals surface area contributed by atoms with Gasteiger partial charge in [0.15, 0.2) is 5.11 Å². The average molecular weight is 489 g/mol. The van der Waals surface area contributed by atoms with Crippen LogP contribution in [0, 0.1) is 0 Å². The van der Waals surface area contributed by atoms with Gasteiger partial charge in [0.25, 0.3) is 11.5 Å². The number of hydrogen-bond donors (Lipinski definition) is 3. The molecule has 1 aromatic heterocycles. The van der Waals surface area contributed by atoms with Crippen LogP contribution in [0.25, 0.3) is 16.6 Å². The molecule has 9 nitrogen and oxygen atoms in total. The number of aromatic amines is 1. The molecule has 3 N–H and O–H groups in total. The first-order valence-electron chi connectivity index (χ1n) is 10.6. The molecule has 10 heteroatoms. The summed E-state index contributed by atoms with van der Waals surface area (Å²) in [5.41, 5.74) is 0.990. The summed E-state index contributed by atoms with van der Waals surface area (Å²) < 4.78 is 5.95. The Morgan fingerprint density at radius 1 is 0.943 bits per heavy atom. The van der Waals surface area contributed by atoms with Crippen LogP contribution >= 0.6 is 12.2 Å². The topological polar surface area (TPSA) is 122 Å². The number of rotatable bonds is 5. The number of esters is 1. The van der Waals surface area contributed by atoms with Crippen molar-refractivity contribution in [1.29, 1.82) is 0 Å². The molecule has 0 aliphatic carbocycles. The molecule has 0 saturated carbocycles. The highest BCUT2D eigenvalue weighted by atomic mass is 32.1. The molecule has 1 heterocycles. The number of amides is 1. The normalized spacial score (nSPS) is 10.5. The Labute approximate surface area is 204 Å². The minimum atomic E-state index is -0.578. The van der Waals surface area contributed by atoms with E-state index in [0.717, 1.165) is 4.57 Å². The first-order valence-corrected chi connectivity index (χ1v) is 11.0. The van der Waals surface area contributed by atoms with Crippen LogP contribution in [0.5, 0.6) is 0 Å². The maximum absolute atomic E-state index is 12.8. The standard InChI is InChI=1S/C25H20N4O5S/c1-2-34-23(32)16-7-11-17(12-8-16)26-24(35)28-21(30)15-9-13-18(14-10-15)29-22(31)19-5-3-4-6-20(19)27-25(29)33/h3-14H,2H2,1H3,(H,27,33)(H2,26,28,30,35). The zero-order valence-electron chi connectivity index (χ0n) is 18.5. The summed E-state index contributed by atoms with van der Waals surface area (Å²) in [5.74, 6) is -0.900. The van der Waals surface area contributed by atoms with Gasteiger partial charge in [-0.25, -0.2) is 14.2 Å². The largest absolute Gasteiger partial charge is 0.462 e. The molecule has 0 atom stereocenters. The number of fused-ring (bicyclic) bond motifs is 1. The van der Waals surface area contributed by atoms with Gasteiger partial charge in [-0.1, -0.05) is 12.1 Å². The summed E-state index contributed by atoms with van der Waals surface area (Å²) in [4.78, 5) is 52.2. The van der Waals surface area contributed by atoms with E-state index in [1.807, 2.05) is 0 Å². The average Bonchev–Trinajstić information content (AvgIpc) is 2.85. The van der Waals surface area contributed by atoms with E-state index in [1.54, 1.807) is 55.5 Å². The van der Waals surface area contributed by atoms with Crippen LogP contribution in [-0.2, 0) is 4.74 Å². The highest BCUT2D eigenvalue weighted by Gasteiger charge is 2.12. The fourth-order valence-electron chi connectivity index (χ4n) is 3.40. The van der Waals surface area contributed by atoms with Crippen molar-refractivity contribution in [1.82, 2.24) is 14.9 Å². The highest BCUT2D eigenvalue weighted by Crippen LogP contribution is 2.12. The predicted octanol–water partition coefficient (Wildman–Crippen LogP) is 2.98. The zero-order chi connectivity index (χ0) is 24.9. The number of nitrogens with one attached hydrogen (secondary N) is 3. The molecule has 0 spiro atoms. The van der Waals surface area contributed by atoms with Crippen molar-refractivity contribution in [3.05, 3.63) is 105 Å². The first kappa shape index (κ1) is 23.6. The lowest BCUT2D eigenvalue weighted by Crippen LogP contribution is -2.34. The van der Waals surface area contributed by atoms with Crippen LogP contribution in [0.4, 0.5) is 5.69 Å². The van der Waals surface area contributed by atoms with Crippen LogP contribution < -0.4 is 21.9 Å². The highest BCUT2D eigenvalue weighted by molar-refractivity contribution is 7.80. The molecule has 4 aromatic rings. The van der Waals surface area contributed by atoms with Gasteiger partial charge in [-0.15, -0.1) is 0 Å². The lowest BCUT2D eigenvalue weighted by Gasteiger charge is -2.11. The SMILES string of the molecule is CCOC(=O)c1ccc(NC(=S)NC(=O)c2ccc(-n3c(=O)[nH]c4ccccc4c3=O)cc2)cc1. The van der Waals surface area contributed by atoms with Gasteiger partial charge >= 0.3 is 11.7 Å². The van der Waals surface area contributed by atoms with Crippen molar-refractivity contribution in [3.8, 4) is 5.69 Å². The van der Waals surface area contributed by atoms with Gasteiger partial charge in [-0.3, -0.25) is 14.9 Å². The second-order valence-corrected chi connectivity index (χ2v) is 7.78. The Morgan fingerprint density at radius 3 is 2.29 bits per heavy atom. The lowest BCUT2D eigenvalue weighted by atomic mass is 10.2. The summed E-state index contributed by atoms with van der Waals surface area (Å²) in [6, 6.07) is 19.2. The Kier molecular flexibility index (Phi) is 6.83. The Morgan fingerprint density at radius 2 is 1.60 bits per heavy atom. The van der Waals surface area contributed by atoms with E-state index in [4.69, 9.17) is 17.0 Å². The van der Waals surface area contributed by atoms with Crippen molar-refractivity contribution >= 4 is 45.8 Å². The quantitative estimate of drug-likeness (QED) is 0.292. The van der Waals surface area contributed by atoms with Crippen LogP contribution in [0.15, 0.2) is 82.4 Å². The third-order valence-electron chi connectivity index (χ3n) is 5.07. The Balaban J connectivity index is 1.45. The molecule has 4 rings (SSSR count). The van der Waals surface area contributed by atoms with E-state index in [9.17, 15) is 19.2 Å². The van der Waals surface area contributed by atoms with Gasteiger partial charge in [-0.2, -0.15) is 0 Å². The summed E-state index contributed by atoms with van der Waals surface area (Å²) in [6.07, 6.45) is 0. The number of ether oxygens (including phenoxy) is 1. The molecule has 0 saturated heterocycles. The van der Waals surface area contributed by atoms with Gasteiger partial charge in [0.1, 0.15) is 0 Å². The molecule has 0 radical (unpaired) electrons. The van der Waals surface area contributed by atoms with Crippen molar-refractivity contribution < 1.29 is 14.3 Å². The van der Waals surface area contributed by atoms with Gasteiger partial charge in [0.05, 0.1) is 28.8 Å². The molecule has 3 aromatic carbocycles. The number of nitrogens with zero attached hydrogens (tertiary/aromatic N) is 1. The third-order valence-corrected chi connectivity index (χ3v) is 5.28. The summed E-state index contributed by atoms with van der Waals surface area (Å²) in [5, 5.41) is 5.86. The minimum absolute atomic E-state index is 0.0603. The smallest absolute Gasteiger partial charge is 0.338 e. The molecule has 0 bridgehead atoms. The van der Waals surface area contributed by atoms with E-state index in [0.29, 0.717) is 27.8 Å². The summed E-state index contributed by atoms with van der Waals surface area (Å²) in [6.45, 7) is 2.01. The number of H-pyrrole nitrogens is 1. The van der Waals surface area contributed by atoms with Crippen LogP contribution in [0.1, 0.15) is 27.6 Å². The van der Waals surface area contributed by atoms with Crippen LogP contribution in [0.3, 0.4) is 0 Å². The van der Waals surface area contributed by atoms with Gasteiger partial charge in [0.2, 0.25) is 0 Å². The fourth-order valence-corrected chi connectivity index (χ4v) is 3.61. The number of para-hydroxylation sites is 1. The number of carbonyl (C=O) groups excluding carboxylic acids is 2. The summed E-state index contributed by atoms with van der Waals surface area (Å²) >= 11 is 5.19. The lowest BCUT2D eigenvalue weighted by molar-refractivity contribution is 0.0526. The maximum atomic E-state index is 12.8. The molecule has 0 fully saturated rings. The number of anilines is 1. The number of carbonyl (C=O) groups is 2. The van der Waals surface area contributed by atoms with Crippen molar-refractivity contribution in [2.24, 2.45) is 0 Å². The van der Waals surface area contributed by atoms with Gasteiger partial charge < -0.3 is 15.0 Å². The minimum Gasteiger partial charge on any atom is -0.462 e. The summed E-state index contributed by atoms with van der Waals surface area (Å²) in [7, 11) is 0. The first-order chi connectivity index (χ1) is 16.9. The number of thiocarbonyl (C=S) groups is 1. The predicted molar refractivity (Wildman–Crippen MR) is 136 cm³/mol. The Bertz CT molecular complexity index is 1540. The second kappa shape index (κ2) is 10.1. The molecule has 0 unspecified atom stereocenters. The van der Waals surface area contributed by atoms with Gasteiger partial charge in [0, 0.05) is 11.3 Å². The molecule has 0 aliphatic heterocycles. The Hall–Kier alpha value is -4.57. The monoisotopic (exact) mass is 488 g/mol. The van der Waals surface area contributed by atoms with Gasteiger partial charge in [-0.05, 0) is 79.8 Å². The van der Waals surface area contributed by atoms with E-state index in [1.165, 1.54) is 24.3 Å². The van der Waals surface area contributed by atoms with E-state index < -0.39 is 23.1 Å². The molecule has 176 valence electrons. The van der Waals surface area contributed by atoms with Crippen LogP contribution in [-0.4, -0.2) is 33.1 Å². The zero-order valence-corrected chi connectivity index (χ0v) is 19.3. The van der Waals surface area contributed by atoms with Crippen molar-refractivity contribution in [3.63, 3.8) is 0 Å². The van der Waals surface area contributed by atoms with Crippen LogP contribution in [0.2, 0.25) is 0 Å². The second-order valence-electron chi connectivity index (χ2n) is 7.37. The molecular formula is C25H20N4O5S. The van der Waals surface area contributed by atoms with E-state index in [-0.39, 0.29) is 17.3 Å². The maximum Gasteiger partial charge on any atom is 0.338 e. The number of benzene rings is 3. The molecule has 1 amide bonds. The van der Waals surface area contributed by atoms with E-state index >= 15 is 0 Å². The number of hydrogen-bond acceptors (Lipinski definition) is 6. The van der Waals surface area contributed by atoms with Crippen molar-refractivity contribution in [2.75, 3.05) is 11.9 Å². The fraction of sp³-hybridized carbons (Fsp3) is 0.0800. The molecule has 0 aliphatic rings. The molecule has 35 heavy (non-hydrogen) atoms. The third kappa shape index (κ3) is 5.17.